The highest BCUT2D eigenvalue weighted by molar-refractivity contribution is 5.63. The number of phenolic OH excluding ortho intramolecular Hbond substituents is 1. The summed E-state index contributed by atoms with van der Waals surface area (Å²) in [6.07, 6.45) is 10.3. The summed E-state index contributed by atoms with van der Waals surface area (Å²) in [6.45, 7) is 3.66. The Kier molecular flexibility index (Phi) is 11.5. The summed E-state index contributed by atoms with van der Waals surface area (Å²) in [5.74, 6) is -0.127. The quantitative estimate of drug-likeness (QED) is 0.261. The lowest BCUT2D eigenvalue weighted by atomic mass is 10.1. The van der Waals surface area contributed by atoms with E-state index in [2.05, 4.69) is 11.7 Å². The van der Waals surface area contributed by atoms with E-state index in [1.807, 2.05) is 0 Å². The van der Waals surface area contributed by atoms with E-state index >= 15 is 0 Å². The summed E-state index contributed by atoms with van der Waals surface area (Å²) in [7, 11) is 0. The summed E-state index contributed by atoms with van der Waals surface area (Å²) in [4.78, 5) is 10.6. The van der Waals surface area contributed by atoms with Crippen molar-refractivity contribution in [3.63, 3.8) is 0 Å². The van der Waals surface area contributed by atoms with E-state index in [1.54, 1.807) is 12.1 Å². The first kappa shape index (κ1) is 21.3. The number of carbonyl (C=O) groups is 1. The Morgan fingerprint density at radius 1 is 0.960 bits per heavy atom. The maximum absolute atomic E-state index is 10.6. The summed E-state index contributed by atoms with van der Waals surface area (Å²) in [6, 6.07) is 4.88. The van der Waals surface area contributed by atoms with Crippen molar-refractivity contribution in [3.05, 3.63) is 23.8 Å². The molecular weight excluding hydrogens is 320 g/mol. The van der Waals surface area contributed by atoms with Gasteiger partial charge in [0.1, 0.15) is 0 Å². The van der Waals surface area contributed by atoms with E-state index < -0.39 is 6.16 Å². The average Bonchev–Trinajstić information content (AvgIpc) is 2.58. The van der Waals surface area contributed by atoms with E-state index in [0.717, 1.165) is 19.4 Å². The molecule has 0 aliphatic carbocycles. The fourth-order valence-corrected chi connectivity index (χ4v) is 2.75. The van der Waals surface area contributed by atoms with Crippen molar-refractivity contribution in [2.45, 2.75) is 71.1 Å². The number of aryl methyl sites for hydroxylation is 1. The van der Waals surface area contributed by atoms with Crippen molar-refractivity contribution in [3.8, 4) is 11.5 Å². The number of carboxylic acid groups (broad SMARTS) is 1. The highest BCUT2D eigenvalue weighted by atomic mass is 16.7. The number of para-hydroxylation sites is 1. The van der Waals surface area contributed by atoms with Crippen LogP contribution in [0.4, 0.5) is 4.79 Å². The Morgan fingerprint density at radius 2 is 1.60 bits per heavy atom. The number of benzene rings is 1. The van der Waals surface area contributed by atoms with E-state index in [1.165, 1.54) is 51.0 Å². The lowest BCUT2D eigenvalue weighted by Gasteiger charge is -2.09. The summed E-state index contributed by atoms with van der Waals surface area (Å²) in [5, 5.41) is 18.6. The van der Waals surface area contributed by atoms with Gasteiger partial charge in [0.25, 0.3) is 0 Å². The number of hydrogen-bond donors (Lipinski definition) is 2. The van der Waals surface area contributed by atoms with Crippen LogP contribution in [0.25, 0.3) is 0 Å². The minimum Gasteiger partial charge on any atom is -0.504 e. The molecule has 0 radical (unpaired) electrons. The molecule has 0 atom stereocenters. The molecule has 0 heterocycles. The van der Waals surface area contributed by atoms with Crippen LogP contribution in [0.1, 0.15) is 70.3 Å². The van der Waals surface area contributed by atoms with E-state index in [4.69, 9.17) is 9.84 Å². The molecule has 25 heavy (non-hydrogen) atoms. The van der Waals surface area contributed by atoms with Gasteiger partial charge >= 0.3 is 6.16 Å². The van der Waals surface area contributed by atoms with Crippen molar-refractivity contribution >= 4 is 6.16 Å². The molecular formula is C20H32O5. The molecule has 5 nitrogen and oxygen atoms in total. The molecule has 1 rings (SSSR count). The largest absolute Gasteiger partial charge is 0.511 e. The number of hydrogen-bond acceptors (Lipinski definition) is 4. The van der Waals surface area contributed by atoms with E-state index in [0.29, 0.717) is 18.6 Å². The van der Waals surface area contributed by atoms with Gasteiger partial charge in [-0.3, -0.25) is 0 Å². The first-order valence-electron chi connectivity index (χ1n) is 9.44. The summed E-state index contributed by atoms with van der Waals surface area (Å²) >= 11 is 0. The number of phenols is 1. The van der Waals surface area contributed by atoms with Gasteiger partial charge in [0.05, 0.1) is 0 Å². The second kappa shape index (κ2) is 13.5. The zero-order valence-electron chi connectivity index (χ0n) is 15.3. The molecule has 0 bridgehead atoms. The van der Waals surface area contributed by atoms with Crippen molar-refractivity contribution in [2.24, 2.45) is 0 Å². The molecule has 0 aromatic heterocycles. The van der Waals surface area contributed by atoms with Gasteiger partial charge in [-0.1, -0.05) is 64.0 Å². The van der Waals surface area contributed by atoms with Gasteiger partial charge in [0.2, 0.25) is 0 Å². The Bertz CT molecular complexity index is 487. The Balaban J connectivity index is 2.06. The van der Waals surface area contributed by atoms with Gasteiger partial charge in [-0.2, -0.15) is 0 Å². The fraction of sp³-hybridized carbons (Fsp3) is 0.650. The topological polar surface area (TPSA) is 76.0 Å². The Labute approximate surface area is 151 Å². The number of aromatic hydroxyl groups is 1. The first-order valence-corrected chi connectivity index (χ1v) is 9.44. The molecule has 0 aliphatic rings. The minimum atomic E-state index is -1.43. The van der Waals surface area contributed by atoms with Crippen molar-refractivity contribution in [1.29, 1.82) is 0 Å². The lowest BCUT2D eigenvalue weighted by Crippen LogP contribution is -2.04. The van der Waals surface area contributed by atoms with Crippen LogP contribution in [0.2, 0.25) is 0 Å². The molecule has 0 aliphatic heterocycles. The lowest BCUT2D eigenvalue weighted by molar-refractivity contribution is 0.127. The Morgan fingerprint density at radius 3 is 2.28 bits per heavy atom. The highest BCUT2D eigenvalue weighted by Gasteiger charge is 2.10. The van der Waals surface area contributed by atoms with Crippen LogP contribution in [0.3, 0.4) is 0 Å². The summed E-state index contributed by atoms with van der Waals surface area (Å²) in [5.41, 5.74) is 0.675. The molecule has 0 saturated carbocycles. The highest BCUT2D eigenvalue weighted by Crippen LogP contribution is 2.30. The Hall–Kier alpha value is -1.75. The van der Waals surface area contributed by atoms with Crippen LogP contribution in [-0.2, 0) is 11.2 Å². The standard InChI is InChI=1S/C20H32O5/c1-2-3-4-5-6-7-8-9-15-24-16-11-13-17-12-10-14-18(19(17)21)25-20(22)23/h10,12,14,21H,2-9,11,13,15-16H2,1H3,(H,22,23). The van der Waals surface area contributed by atoms with E-state index in [9.17, 15) is 9.90 Å². The van der Waals surface area contributed by atoms with Crippen molar-refractivity contribution in [2.75, 3.05) is 13.2 Å². The number of unbranched alkanes of at least 4 members (excludes halogenated alkanes) is 7. The normalized spacial score (nSPS) is 10.8. The average molecular weight is 352 g/mol. The minimum absolute atomic E-state index is 0.0233. The van der Waals surface area contributed by atoms with Crippen LogP contribution in [0.5, 0.6) is 11.5 Å². The van der Waals surface area contributed by atoms with Crippen LogP contribution in [0, 0.1) is 0 Å². The van der Waals surface area contributed by atoms with Crippen LogP contribution in [0.15, 0.2) is 18.2 Å². The predicted octanol–water partition coefficient (Wildman–Crippen LogP) is 5.54. The maximum atomic E-state index is 10.6. The maximum Gasteiger partial charge on any atom is 0.511 e. The van der Waals surface area contributed by atoms with Gasteiger partial charge in [0, 0.05) is 13.2 Å². The first-order chi connectivity index (χ1) is 12.1. The number of ether oxygens (including phenoxy) is 2. The van der Waals surface area contributed by atoms with Crippen LogP contribution in [-0.4, -0.2) is 29.6 Å². The second-order valence-electron chi connectivity index (χ2n) is 6.32. The van der Waals surface area contributed by atoms with Gasteiger partial charge in [0.15, 0.2) is 11.5 Å². The third kappa shape index (κ3) is 9.97. The molecule has 142 valence electrons. The van der Waals surface area contributed by atoms with Crippen molar-refractivity contribution < 1.29 is 24.5 Å². The molecule has 0 spiro atoms. The molecule has 0 amide bonds. The van der Waals surface area contributed by atoms with Crippen LogP contribution < -0.4 is 4.74 Å². The SMILES string of the molecule is CCCCCCCCCCOCCCc1cccc(OC(=O)O)c1O. The molecule has 2 N–H and O–H groups in total. The second-order valence-corrected chi connectivity index (χ2v) is 6.32. The zero-order valence-corrected chi connectivity index (χ0v) is 15.3. The smallest absolute Gasteiger partial charge is 0.504 e. The van der Waals surface area contributed by atoms with Crippen molar-refractivity contribution in [1.82, 2.24) is 0 Å². The molecule has 1 aromatic rings. The van der Waals surface area contributed by atoms with Gasteiger partial charge in [-0.25, -0.2) is 4.79 Å². The van der Waals surface area contributed by atoms with Gasteiger partial charge < -0.3 is 19.7 Å². The predicted molar refractivity (Wildman–Crippen MR) is 98.5 cm³/mol. The molecule has 0 unspecified atom stereocenters. The van der Waals surface area contributed by atoms with Gasteiger partial charge in [-0.05, 0) is 30.9 Å². The van der Waals surface area contributed by atoms with E-state index in [-0.39, 0.29) is 11.5 Å². The monoisotopic (exact) mass is 352 g/mol. The van der Waals surface area contributed by atoms with Crippen LogP contribution >= 0.6 is 0 Å². The third-order valence-electron chi connectivity index (χ3n) is 4.16. The third-order valence-corrected chi connectivity index (χ3v) is 4.16. The summed E-state index contributed by atoms with van der Waals surface area (Å²) < 4.78 is 10.2. The zero-order chi connectivity index (χ0) is 18.3. The number of rotatable bonds is 14. The fourth-order valence-electron chi connectivity index (χ4n) is 2.75. The molecule has 0 saturated heterocycles. The van der Waals surface area contributed by atoms with Gasteiger partial charge in [-0.15, -0.1) is 0 Å². The molecule has 5 heteroatoms. The molecule has 0 fully saturated rings. The molecule has 1 aromatic carbocycles.